The van der Waals surface area contributed by atoms with Crippen molar-refractivity contribution < 1.29 is 18.7 Å². The van der Waals surface area contributed by atoms with Gasteiger partial charge in [0.2, 0.25) is 0 Å². The van der Waals surface area contributed by atoms with E-state index in [-0.39, 0.29) is 12.2 Å². The Bertz CT molecular complexity index is 2020. The molecule has 0 saturated carbocycles. The van der Waals surface area contributed by atoms with Crippen molar-refractivity contribution in [2.45, 2.75) is 19.9 Å². The summed E-state index contributed by atoms with van der Waals surface area (Å²) in [6.07, 6.45) is 1.70. The van der Waals surface area contributed by atoms with E-state index in [0.29, 0.717) is 48.5 Å². The first kappa shape index (κ1) is 26.8. The van der Waals surface area contributed by atoms with E-state index in [1.165, 1.54) is 11.3 Å². The van der Waals surface area contributed by atoms with Crippen LogP contribution in [0.4, 0.5) is 0 Å². The minimum absolute atomic E-state index is 0.188. The van der Waals surface area contributed by atoms with Gasteiger partial charge in [-0.1, -0.05) is 53.3 Å². The minimum atomic E-state index is -0.810. The van der Waals surface area contributed by atoms with E-state index in [4.69, 9.17) is 25.5 Å². The third-order valence-corrected chi connectivity index (χ3v) is 8.20. The second-order valence-corrected chi connectivity index (χ2v) is 10.9. The maximum Gasteiger partial charge on any atom is 0.338 e. The van der Waals surface area contributed by atoms with E-state index in [2.05, 4.69) is 4.99 Å². The average Bonchev–Trinajstić information content (AvgIpc) is 3.56. The van der Waals surface area contributed by atoms with Crippen molar-refractivity contribution in [3.8, 4) is 17.1 Å². The Balaban J connectivity index is 1.57. The normalized spacial score (nSPS) is 15.1. The molecule has 7 nitrogen and oxygen atoms in total. The van der Waals surface area contributed by atoms with Crippen molar-refractivity contribution in [1.82, 2.24) is 4.57 Å². The van der Waals surface area contributed by atoms with Crippen molar-refractivity contribution >= 4 is 45.8 Å². The molecule has 0 N–H and O–H groups in total. The van der Waals surface area contributed by atoms with Gasteiger partial charge in [0, 0.05) is 22.2 Å². The van der Waals surface area contributed by atoms with Crippen LogP contribution in [-0.2, 0) is 9.53 Å². The zero-order chi connectivity index (χ0) is 28.7. The van der Waals surface area contributed by atoms with Crippen LogP contribution < -0.4 is 19.6 Å². The lowest BCUT2D eigenvalue weighted by molar-refractivity contribution is -0.139. The largest absolute Gasteiger partial charge is 0.496 e. The number of aromatic nitrogens is 1. The second-order valence-electron chi connectivity index (χ2n) is 9.41. The summed E-state index contributed by atoms with van der Waals surface area (Å²) in [5, 5.41) is 2.45. The van der Waals surface area contributed by atoms with Crippen molar-refractivity contribution in [2.75, 3.05) is 13.7 Å². The van der Waals surface area contributed by atoms with Crippen molar-refractivity contribution in [2.24, 2.45) is 4.99 Å². The van der Waals surface area contributed by atoms with E-state index < -0.39 is 12.0 Å². The number of allylic oxidation sites excluding steroid dienone is 1. The number of hydrogen-bond donors (Lipinski definition) is 0. The third kappa shape index (κ3) is 4.79. The highest BCUT2D eigenvalue weighted by atomic mass is 35.5. The molecule has 3 aromatic carbocycles. The molecule has 0 saturated heterocycles. The van der Waals surface area contributed by atoms with Gasteiger partial charge in [0.05, 0.1) is 29.5 Å². The van der Waals surface area contributed by atoms with Gasteiger partial charge in [-0.05, 0) is 67.1 Å². The first-order chi connectivity index (χ1) is 19.9. The highest BCUT2D eigenvalue weighted by Crippen LogP contribution is 2.40. The fraction of sp³-hybridized carbons (Fsp3) is 0.156. The fourth-order valence-corrected chi connectivity index (χ4v) is 6.28. The summed E-state index contributed by atoms with van der Waals surface area (Å²) in [6, 6.07) is 21.8. The van der Waals surface area contributed by atoms with Gasteiger partial charge in [-0.3, -0.25) is 9.36 Å². The number of halogens is 1. The van der Waals surface area contributed by atoms with Crippen molar-refractivity contribution in [3.63, 3.8) is 0 Å². The minimum Gasteiger partial charge on any atom is -0.496 e. The quantitative estimate of drug-likeness (QED) is 0.233. The van der Waals surface area contributed by atoms with Gasteiger partial charge in [-0.2, -0.15) is 0 Å². The van der Waals surface area contributed by atoms with Gasteiger partial charge in [0.1, 0.15) is 23.3 Å². The molecule has 6 rings (SSSR count). The standard InChI is InChI=1S/C32H25ClN2O5S/c1-4-39-31(37)27-18(2)34-32-35(29(27)28-23-8-6-5-7-19(23)11-15-25(28)38-3)30(36)26(41-32)17-22-14-16-24(40-22)20-9-12-21(33)13-10-20/h5-17,29H,4H2,1-3H3/b26-17-. The highest BCUT2D eigenvalue weighted by molar-refractivity contribution is 7.07. The molecule has 1 unspecified atom stereocenters. The molecule has 206 valence electrons. The Morgan fingerprint density at radius 1 is 1.10 bits per heavy atom. The molecule has 0 spiro atoms. The molecule has 0 amide bonds. The Kier molecular flexibility index (Phi) is 7.11. The number of ether oxygens (including phenoxy) is 2. The molecule has 0 fully saturated rings. The predicted octanol–water partition coefficient (Wildman–Crippen LogP) is 5.87. The molecule has 0 aliphatic carbocycles. The summed E-state index contributed by atoms with van der Waals surface area (Å²) < 4.78 is 19.3. The number of furan rings is 1. The van der Waals surface area contributed by atoms with Crippen LogP contribution in [-0.4, -0.2) is 24.3 Å². The van der Waals surface area contributed by atoms with E-state index in [9.17, 15) is 9.59 Å². The van der Waals surface area contributed by atoms with Crippen molar-refractivity contribution in [3.05, 3.63) is 120 Å². The van der Waals surface area contributed by atoms with Gasteiger partial charge >= 0.3 is 5.97 Å². The zero-order valence-corrected chi connectivity index (χ0v) is 24.1. The Morgan fingerprint density at radius 2 is 1.88 bits per heavy atom. The first-order valence-electron chi connectivity index (χ1n) is 13.0. The molecule has 5 aromatic rings. The van der Waals surface area contributed by atoms with E-state index >= 15 is 0 Å². The number of carbonyl (C=O) groups is 1. The van der Waals surface area contributed by atoms with Crippen LogP contribution in [0.15, 0.2) is 98.3 Å². The number of thiazole rings is 1. The second kappa shape index (κ2) is 10.9. The molecule has 1 aliphatic rings. The third-order valence-electron chi connectivity index (χ3n) is 6.97. The van der Waals surface area contributed by atoms with Gasteiger partial charge in [0.15, 0.2) is 4.80 Å². The van der Waals surface area contributed by atoms with Gasteiger partial charge in [-0.15, -0.1) is 0 Å². The highest BCUT2D eigenvalue weighted by Gasteiger charge is 2.36. The number of rotatable bonds is 6. The van der Waals surface area contributed by atoms with E-state index in [0.717, 1.165) is 16.3 Å². The Morgan fingerprint density at radius 3 is 2.63 bits per heavy atom. The van der Waals surface area contributed by atoms with Gasteiger partial charge in [0.25, 0.3) is 5.56 Å². The van der Waals surface area contributed by atoms with Crippen molar-refractivity contribution in [1.29, 1.82) is 0 Å². The lowest BCUT2D eigenvalue weighted by Crippen LogP contribution is -2.40. The molecule has 2 aromatic heterocycles. The number of carbonyl (C=O) groups excluding carboxylic acids is 1. The number of esters is 1. The van der Waals surface area contributed by atoms with Crippen LogP contribution in [0.5, 0.6) is 5.75 Å². The monoisotopic (exact) mass is 584 g/mol. The fourth-order valence-electron chi connectivity index (χ4n) is 5.13. The van der Waals surface area contributed by atoms with Crippen LogP contribution in [0.3, 0.4) is 0 Å². The summed E-state index contributed by atoms with van der Waals surface area (Å²) in [5.74, 6) is 1.19. The number of methoxy groups -OCH3 is 1. The first-order valence-corrected chi connectivity index (χ1v) is 14.2. The molecule has 9 heteroatoms. The van der Waals surface area contributed by atoms with E-state index in [1.54, 1.807) is 43.7 Å². The molecule has 1 aliphatic heterocycles. The predicted molar refractivity (Wildman–Crippen MR) is 160 cm³/mol. The number of fused-ring (bicyclic) bond motifs is 2. The smallest absolute Gasteiger partial charge is 0.338 e. The maximum absolute atomic E-state index is 14.1. The van der Waals surface area contributed by atoms with Crippen LogP contribution >= 0.6 is 22.9 Å². The lowest BCUT2D eigenvalue weighted by atomic mass is 9.90. The topological polar surface area (TPSA) is 83.0 Å². The Hall–Kier alpha value is -4.40. The molecular formula is C32H25ClN2O5S. The number of hydrogen-bond acceptors (Lipinski definition) is 7. The molecule has 0 bridgehead atoms. The molecule has 3 heterocycles. The maximum atomic E-state index is 14.1. The van der Waals surface area contributed by atoms with Crippen LogP contribution in [0.2, 0.25) is 5.02 Å². The van der Waals surface area contributed by atoms with Crippen LogP contribution in [0, 0.1) is 0 Å². The SMILES string of the molecule is CCOC(=O)C1=C(C)N=c2s/c(=C\c3ccc(-c4ccc(Cl)cc4)o3)c(=O)n2C1c1c(OC)ccc2ccccc12. The zero-order valence-electron chi connectivity index (χ0n) is 22.5. The molecule has 0 radical (unpaired) electrons. The Labute approximate surface area is 244 Å². The van der Waals surface area contributed by atoms with Gasteiger partial charge in [-0.25, -0.2) is 9.79 Å². The molecule has 41 heavy (non-hydrogen) atoms. The summed E-state index contributed by atoms with van der Waals surface area (Å²) >= 11 is 7.26. The summed E-state index contributed by atoms with van der Waals surface area (Å²) in [4.78, 5) is 32.6. The van der Waals surface area contributed by atoms with Gasteiger partial charge < -0.3 is 13.9 Å². The summed E-state index contributed by atoms with van der Waals surface area (Å²) in [7, 11) is 1.58. The molecule has 1 atom stereocenters. The number of nitrogens with zero attached hydrogens (tertiary/aromatic N) is 2. The number of benzene rings is 3. The van der Waals surface area contributed by atoms with Crippen LogP contribution in [0.25, 0.3) is 28.2 Å². The molecular weight excluding hydrogens is 560 g/mol. The average molecular weight is 585 g/mol. The lowest BCUT2D eigenvalue weighted by Gasteiger charge is -2.27. The van der Waals surface area contributed by atoms with Crippen LogP contribution in [0.1, 0.15) is 31.2 Å². The van der Waals surface area contributed by atoms with E-state index in [1.807, 2.05) is 60.7 Å². The summed E-state index contributed by atoms with van der Waals surface area (Å²) in [5.41, 5.74) is 2.04. The summed E-state index contributed by atoms with van der Waals surface area (Å²) in [6.45, 7) is 3.70.